The topological polar surface area (TPSA) is 45.8 Å². The fraction of sp³-hybridized carbons (Fsp3) is 0.435. The summed E-state index contributed by atoms with van der Waals surface area (Å²) in [4.78, 5) is 2.48. The average Bonchev–Trinajstić information content (AvgIpc) is 2.74. The van der Waals surface area contributed by atoms with Crippen molar-refractivity contribution in [2.24, 2.45) is 5.92 Å². The van der Waals surface area contributed by atoms with Gasteiger partial charge in [-0.1, -0.05) is 19.1 Å². The Morgan fingerprint density at radius 3 is 2.55 bits per heavy atom. The Balaban J connectivity index is 1.59. The van der Waals surface area contributed by atoms with Crippen molar-refractivity contribution >= 4 is 28.7 Å². The van der Waals surface area contributed by atoms with Gasteiger partial charge in [0.25, 0.3) is 0 Å². The second kappa shape index (κ2) is 9.83. The Kier molecular flexibility index (Phi) is 7.20. The van der Waals surface area contributed by atoms with Crippen LogP contribution in [0, 0.1) is 5.92 Å². The number of thiocarbonyl (C=S) groups is 1. The predicted molar refractivity (Wildman–Crippen MR) is 124 cm³/mol. The van der Waals surface area contributed by atoms with E-state index in [0.717, 1.165) is 30.4 Å². The molecule has 0 aliphatic carbocycles. The number of benzene rings is 2. The number of methoxy groups -OCH3 is 2. The Morgan fingerprint density at radius 2 is 1.90 bits per heavy atom. The number of hydrogen-bond donors (Lipinski definition) is 2. The second-order valence-electron chi connectivity index (χ2n) is 7.67. The van der Waals surface area contributed by atoms with E-state index in [0.29, 0.717) is 10.9 Å². The van der Waals surface area contributed by atoms with Crippen LogP contribution >= 0.6 is 12.2 Å². The third-order valence-electron chi connectivity index (χ3n) is 5.42. The van der Waals surface area contributed by atoms with E-state index in [4.69, 9.17) is 21.7 Å². The van der Waals surface area contributed by atoms with Gasteiger partial charge in [0.1, 0.15) is 11.5 Å². The minimum atomic E-state index is 0.0913. The van der Waals surface area contributed by atoms with Gasteiger partial charge in [-0.25, -0.2) is 0 Å². The van der Waals surface area contributed by atoms with Gasteiger partial charge in [0.15, 0.2) is 5.11 Å². The van der Waals surface area contributed by atoms with Crippen LogP contribution in [0.5, 0.6) is 11.5 Å². The molecule has 1 heterocycles. The molecule has 1 aliphatic rings. The van der Waals surface area contributed by atoms with E-state index in [1.54, 1.807) is 14.2 Å². The lowest BCUT2D eigenvalue weighted by atomic mass is 9.99. The molecule has 3 rings (SSSR count). The Bertz CT molecular complexity index is 825. The van der Waals surface area contributed by atoms with Crippen LogP contribution in [0.2, 0.25) is 0 Å². The normalized spacial score (nSPS) is 17.4. The molecule has 1 aliphatic heterocycles. The van der Waals surface area contributed by atoms with Crippen LogP contribution in [0.15, 0.2) is 42.5 Å². The molecule has 0 unspecified atom stereocenters. The molecule has 1 saturated heterocycles. The number of piperidine rings is 1. The van der Waals surface area contributed by atoms with E-state index in [2.05, 4.69) is 53.6 Å². The van der Waals surface area contributed by atoms with Crippen LogP contribution < -0.4 is 25.0 Å². The van der Waals surface area contributed by atoms with Crippen LogP contribution in [-0.2, 0) is 0 Å². The van der Waals surface area contributed by atoms with Gasteiger partial charge in [0.2, 0.25) is 0 Å². The van der Waals surface area contributed by atoms with Crippen molar-refractivity contribution in [1.82, 2.24) is 5.32 Å². The fourth-order valence-corrected chi connectivity index (χ4v) is 4.02. The molecule has 1 fully saturated rings. The van der Waals surface area contributed by atoms with Crippen molar-refractivity contribution < 1.29 is 9.47 Å². The van der Waals surface area contributed by atoms with Crippen LogP contribution in [0.25, 0.3) is 0 Å². The summed E-state index contributed by atoms with van der Waals surface area (Å²) >= 11 is 5.50. The highest BCUT2D eigenvalue weighted by Gasteiger charge is 2.17. The summed E-state index contributed by atoms with van der Waals surface area (Å²) in [6.07, 6.45) is 2.61. The number of nitrogens with one attached hydrogen (secondary N) is 2. The highest BCUT2D eigenvalue weighted by molar-refractivity contribution is 7.80. The molecule has 156 valence electrons. The molecule has 0 radical (unpaired) electrons. The molecule has 2 aromatic carbocycles. The molecule has 0 aromatic heterocycles. The van der Waals surface area contributed by atoms with Crippen molar-refractivity contribution in [2.75, 3.05) is 37.5 Å². The number of hydrogen-bond acceptors (Lipinski definition) is 4. The second-order valence-corrected chi connectivity index (χ2v) is 8.08. The molecular weight excluding hydrogens is 382 g/mol. The molecule has 5 nitrogen and oxygen atoms in total. The molecule has 0 saturated carbocycles. The first-order valence-electron chi connectivity index (χ1n) is 10.1. The summed E-state index contributed by atoms with van der Waals surface area (Å²) in [6, 6.07) is 14.5. The number of nitrogens with zero attached hydrogens (tertiary/aromatic N) is 1. The van der Waals surface area contributed by atoms with Crippen molar-refractivity contribution in [1.29, 1.82) is 0 Å². The lowest BCUT2D eigenvalue weighted by Gasteiger charge is -2.33. The first-order chi connectivity index (χ1) is 14.0. The lowest BCUT2D eigenvalue weighted by molar-refractivity contribution is 0.395. The maximum absolute atomic E-state index is 5.50. The van der Waals surface area contributed by atoms with Crippen LogP contribution in [0.1, 0.15) is 38.3 Å². The van der Waals surface area contributed by atoms with E-state index in [1.165, 1.54) is 24.1 Å². The molecule has 29 heavy (non-hydrogen) atoms. The van der Waals surface area contributed by atoms with Crippen molar-refractivity contribution in [3.63, 3.8) is 0 Å². The molecule has 6 heteroatoms. The van der Waals surface area contributed by atoms with Gasteiger partial charge in [-0.15, -0.1) is 0 Å². The largest absolute Gasteiger partial charge is 0.497 e. The van der Waals surface area contributed by atoms with Crippen molar-refractivity contribution in [2.45, 2.75) is 32.7 Å². The lowest BCUT2D eigenvalue weighted by Crippen LogP contribution is -2.34. The highest BCUT2D eigenvalue weighted by atomic mass is 32.1. The molecule has 0 amide bonds. The van der Waals surface area contributed by atoms with E-state index in [-0.39, 0.29) is 6.04 Å². The Hall–Kier alpha value is -2.47. The van der Waals surface area contributed by atoms with E-state index < -0.39 is 0 Å². The van der Waals surface area contributed by atoms with Gasteiger partial charge >= 0.3 is 0 Å². The number of rotatable bonds is 6. The summed E-state index contributed by atoms with van der Waals surface area (Å²) in [5.41, 5.74) is 3.30. The predicted octanol–water partition coefficient (Wildman–Crippen LogP) is 4.99. The van der Waals surface area contributed by atoms with Crippen molar-refractivity contribution in [3.8, 4) is 11.5 Å². The number of ether oxygens (including phenoxy) is 2. The summed E-state index contributed by atoms with van der Waals surface area (Å²) in [5, 5.41) is 7.11. The van der Waals surface area contributed by atoms with Crippen LogP contribution in [0.3, 0.4) is 0 Å². The number of anilines is 2. The zero-order valence-electron chi connectivity index (χ0n) is 17.7. The zero-order valence-corrected chi connectivity index (χ0v) is 18.5. The first kappa shape index (κ1) is 21.2. The van der Waals surface area contributed by atoms with Gasteiger partial charge in [-0.3, -0.25) is 0 Å². The molecule has 2 aromatic rings. The Labute approximate surface area is 179 Å². The summed E-state index contributed by atoms with van der Waals surface area (Å²) in [6.45, 7) is 6.73. The average molecular weight is 414 g/mol. The van der Waals surface area contributed by atoms with E-state index in [9.17, 15) is 0 Å². The standard InChI is InChI=1S/C23H31N3O2S/c1-16-6-5-13-26(15-16)19-9-7-18(8-10-19)17(2)24-23(29)25-21-12-11-20(27-3)14-22(21)28-4/h7-12,14,16-17H,5-6,13,15H2,1-4H3,(H2,24,25,29)/t16-,17+/m1/s1. The zero-order chi connectivity index (χ0) is 20.8. The summed E-state index contributed by atoms with van der Waals surface area (Å²) < 4.78 is 10.7. The third-order valence-corrected chi connectivity index (χ3v) is 5.64. The molecule has 2 atom stereocenters. The smallest absolute Gasteiger partial charge is 0.171 e. The SMILES string of the molecule is COc1ccc(NC(=S)N[C@@H](C)c2ccc(N3CCC[C@@H](C)C3)cc2)c(OC)c1. The molecular formula is C23H31N3O2S. The van der Waals surface area contributed by atoms with Crippen molar-refractivity contribution in [3.05, 3.63) is 48.0 Å². The highest BCUT2D eigenvalue weighted by Crippen LogP contribution is 2.29. The minimum Gasteiger partial charge on any atom is -0.497 e. The first-order valence-corrected chi connectivity index (χ1v) is 10.6. The minimum absolute atomic E-state index is 0.0913. The molecule has 0 spiro atoms. The van der Waals surface area contributed by atoms with Gasteiger partial charge in [-0.2, -0.15) is 0 Å². The van der Waals surface area contributed by atoms with E-state index >= 15 is 0 Å². The monoisotopic (exact) mass is 413 g/mol. The third kappa shape index (κ3) is 5.54. The maximum Gasteiger partial charge on any atom is 0.171 e. The molecule has 2 N–H and O–H groups in total. The van der Waals surface area contributed by atoms with Gasteiger partial charge < -0.3 is 25.0 Å². The Morgan fingerprint density at radius 1 is 1.14 bits per heavy atom. The van der Waals surface area contributed by atoms with Gasteiger partial charge in [-0.05, 0) is 67.7 Å². The van der Waals surface area contributed by atoms with Crippen LogP contribution in [0.4, 0.5) is 11.4 Å². The maximum atomic E-state index is 5.50. The van der Waals surface area contributed by atoms with Gasteiger partial charge in [0.05, 0.1) is 25.9 Å². The molecule has 0 bridgehead atoms. The fourth-order valence-electron chi connectivity index (χ4n) is 3.74. The summed E-state index contributed by atoms with van der Waals surface area (Å²) in [5.74, 6) is 2.19. The quantitative estimate of drug-likeness (QED) is 0.651. The van der Waals surface area contributed by atoms with Crippen LogP contribution in [-0.4, -0.2) is 32.4 Å². The van der Waals surface area contributed by atoms with Gasteiger partial charge in [0, 0.05) is 24.8 Å². The summed E-state index contributed by atoms with van der Waals surface area (Å²) in [7, 11) is 3.26. The van der Waals surface area contributed by atoms with E-state index in [1.807, 2.05) is 18.2 Å².